The molecule has 0 atom stereocenters. The third-order valence-corrected chi connectivity index (χ3v) is 6.26. The standard InChI is InChI=1S/C21H18N2O6S/c1-15-11-12-17(13-20(15)23(26)27)30(28,29)22(14-21(24)25)19-10-6-5-9-18(19)16-7-3-2-4-8-16/h2-13H,14H2,1H3,(H,24,25). The van der Waals surface area contributed by atoms with E-state index in [1.165, 1.54) is 25.1 Å². The second-order valence-electron chi connectivity index (χ2n) is 6.49. The van der Waals surface area contributed by atoms with E-state index in [2.05, 4.69) is 0 Å². The van der Waals surface area contributed by atoms with Gasteiger partial charge in [-0.3, -0.25) is 19.2 Å². The number of hydrogen-bond donors (Lipinski definition) is 1. The number of nitrogens with zero attached hydrogens (tertiary/aromatic N) is 2. The van der Waals surface area contributed by atoms with Crippen molar-refractivity contribution in [2.75, 3.05) is 10.8 Å². The van der Waals surface area contributed by atoms with Crippen LogP contribution in [0, 0.1) is 17.0 Å². The number of para-hydroxylation sites is 1. The van der Waals surface area contributed by atoms with Gasteiger partial charge >= 0.3 is 5.97 Å². The Labute approximate surface area is 173 Å². The summed E-state index contributed by atoms with van der Waals surface area (Å²) in [5, 5.41) is 20.7. The number of benzene rings is 3. The average Bonchev–Trinajstić information content (AvgIpc) is 2.72. The van der Waals surface area contributed by atoms with Crippen LogP contribution in [-0.4, -0.2) is 31.0 Å². The second-order valence-corrected chi connectivity index (χ2v) is 8.36. The van der Waals surface area contributed by atoms with Crippen LogP contribution in [0.2, 0.25) is 0 Å². The fourth-order valence-corrected chi connectivity index (χ4v) is 4.50. The van der Waals surface area contributed by atoms with E-state index in [-0.39, 0.29) is 16.3 Å². The van der Waals surface area contributed by atoms with Gasteiger partial charge in [-0.15, -0.1) is 0 Å². The maximum absolute atomic E-state index is 13.4. The highest BCUT2D eigenvalue weighted by molar-refractivity contribution is 7.92. The minimum Gasteiger partial charge on any atom is -0.480 e. The lowest BCUT2D eigenvalue weighted by Gasteiger charge is -2.25. The van der Waals surface area contributed by atoms with Crippen molar-refractivity contribution in [1.82, 2.24) is 0 Å². The fraction of sp³-hybridized carbons (Fsp3) is 0.0952. The molecule has 0 saturated heterocycles. The minimum absolute atomic E-state index is 0.161. The summed E-state index contributed by atoms with van der Waals surface area (Å²) in [4.78, 5) is 21.8. The van der Waals surface area contributed by atoms with Crippen molar-refractivity contribution in [3.05, 3.63) is 88.5 Å². The van der Waals surface area contributed by atoms with Crippen LogP contribution in [-0.2, 0) is 14.8 Å². The Kier molecular flexibility index (Phi) is 5.84. The molecule has 0 unspecified atom stereocenters. The van der Waals surface area contributed by atoms with Crippen LogP contribution in [0.1, 0.15) is 5.56 Å². The van der Waals surface area contributed by atoms with Gasteiger partial charge in [0, 0.05) is 17.2 Å². The Hall–Kier alpha value is -3.72. The van der Waals surface area contributed by atoms with Gasteiger partial charge in [-0.1, -0.05) is 54.6 Å². The van der Waals surface area contributed by atoms with Crippen LogP contribution in [0.3, 0.4) is 0 Å². The number of anilines is 1. The fourth-order valence-electron chi connectivity index (χ4n) is 3.05. The molecule has 0 aliphatic heterocycles. The third kappa shape index (κ3) is 4.15. The van der Waals surface area contributed by atoms with Crippen LogP contribution >= 0.6 is 0 Å². The molecule has 1 N–H and O–H groups in total. The molecule has 0 aliphatic rings. The molecule has 0 fully saturated rings. The Bertz CT molecular complexity index is 1210. The van der Waals surface area contributed by atoms with E-state index in [1.54, 1.807) is 42.5 Å². The van der Waals surface area contributed by atoms with E-state index in [0.29, 0.717) is 16.7 Å². The summed E-state index contributed by atoms with van der Waals surface area (Å²) >= 11 is 0. The number of carbonyl (C=O) groups is 1. The lowest BCUT2D eigenvalue weighted by Crippen LogP contribution is -2.36. The van der Waals surface area contributed by atoms with Gasteiger partial charge in [0.2, 0.25) is 0 Å². The van der Waals surface area contributed by atoms with Gasteiger partial charge in [-0.25, -0.2) is 8.42 Å². The smallest absolute Gasteiger partial charge is 0.324 e. The maximum Gasteiger partial charge on any atom is 0.324 e. The van der Waals surface area contributed by atoms with Gasteiger partial charge < -0.3 is 5.11 Å². The zero-order valence-electron chi connectivity index (χ0n) is 15.9. The average molecular weight is 426 g/mol. The summed E-state index contributed by atoms with van der Waals surface area (Å²) in [6.07, 6.45) is 0. The van der Waals surface area contributed by atoms with Crippen LogP contribution in [0.5, 0.6) is 0 Å². The summed E-state index contributed by atoms with van der Waals surface area (Å²) in [7, 11) is -4.40. The molecule has 0 radical (unpaired) electrons. The molecular formula is C21H18N2O6S. The van der Waals surface area contributed by atoms with Gasteiger partial charge in [0.25, 0.3) is 15.7 Å². The Morgan fingerprint density at radius 2 is 1.67 bits per heavy atom. The lowest BCUT2D eigenvalue weighted by atomic mass is 10.0. The van der Waals surface area contributed by atoms with Crippen molar-refractivity contribution in [1.29, 1.82) is 0 Å². The van der Waals surface area contributed by atoms with Crippen LogP contribution in [0.25, 0.3) is 11.1 Å². The lowest BCUT2D eigenvalue weighted by molar-refractivity contribution is -0.385. The topological polar surface area (TPSA) is 118 Å². The molecule has 0 aliphatic carbocycles. The largest absolute Gasteiger partial charge is 0.480 e. The zero-order chi connectivity index (χ0) is 21.9. The minimum atomic E-state index is -4.40. The second kappa shape index (κ2) is 8.34. The van der Waals surface area contributed by atoms with E-state index in [9.17, 15) is 28.4 Å². The Morgan fingerprint density at radius 1 is 1.03 bits per heavy atom. The van der Waals surface area contributed by atoms with Crippen molar-refractivity contribution in [2.24, 2.45) is 0 Å². The van der Waals surface area contributed by atoms with Gasteiger partial charge in [0.1, 0.15) is 6.54 Å². The molecule has 3 aromatic carbocycles. The third-order valence-electron chi connectivity index (χ3n) is 4.50. The molecule has 0 heterocycles. The quantitative estimate of drug-likeness (QED) is 0.453. The monoisotopic (exact) mass is 426 g/mol. The van der Waals surface area contributed by atoms with E-state index in [4.69, 9.17) is 0 Å². The van der Waals surface area contributed by atoms with E-state index in [1.807, 2.05) is 6.07 Å². The molecule has 0 spiro atoms. The first-order valence-electron chi connectivity index (χ1n) is 8.86. The summed E-state index contributed by atoms with van der Waals surface area (Å²) < 4.78 is 27.5. The molecule has 3 rings (SSSR count). The molecular weight excluding hydrogens is 408 g/mol. The number of carboxylic acid groups (broad SMARTS) is 1. The summed E-state index contributed by atoms with van der Waals surface area (Å²) in [6, 6.07) is 19.0. The van der Waals surface area contributed by atoms with Gasteiger partial charge in [0.05, 0.1) is 15.5 Å². The van der Waals surface area contributed by atoms with Gasteiger partial charge in [-0.2, -0.15) is 0 Å². The SMILES string of the molecule is Cc1ccc(S(=O)(=O)N(CC(=O)O)c2ccccc2-c2ccccc2)cc1[N+](=O)[O-]. The highest BCUT2D eigenvalue weighted by Crippen LogP contribution is 2.34. The molecule has 0 aromatic heterocycles. The molecule has 30 heavy (non-hydrogen) atoms. The number of aliphatic carboxylic acids is 1. The van der Waals surface area contributed by atoms with E-state index < -0.39 is 27.5 Å². The molecule has 0 bridgehead atoms. The van der Waals surface area contributed by atoms with Crippen molar-refractivity contribution in [2.45, 2.75) is 11.8 Å². The zero-order valence-corrected chi connectivity index (χ0v) is 16.7. The highest BCUT2D eigenvalue weighted by atomic mass is 32.2. The normalized spacial score (nSPS) is 11.1. The number of carboxylic acids is 1. The van der Waals surface area contributed by atoms with E-state index in [0.717, 1.165) is 10.4 Å². The first kappa shape index (κ1) is 21.0. The highest BCUT2D eigenvalue weighted by Gasteiger charge is 2.30. The molecule has 8 nitrogen and oxygen atoms in total. The summed E-state index contributed by atoms with van der Waals surface area (Å²) in [6.45, 7) is 0.655. The van der Waals surface area contributed by atoms with Crippen LogP contribution < -0.4 is 4.31 Å². The Morgan fingerprint density at radius 3 is 2.30 bits per heavy atom. The Balaban J connectivity index is 2.21. The first-order chi connectivity index (χ1) is 14.2. The maximum atomic E-state index is 13.4. The van der Waals surface area contributed by atoms with Crippen molar-refractivity contribution >= 4 is 27.4 Å². The number of hydrogen-bond acceptors (Lipinski definition) is 5. The number of nitro groups is 1. The molecule has 154 valence electrons. The molecule has 3 aromatic rings. The number of nitro benzene ring substituents is 1. The van der Waals surface area contributed by atoms with E-state index >= 15 is 0 Å². The molecule has 9 heteroatoms. The van der Waals surface area contributed by atoms with Crippen LogP contribution in [0.15, 0.2) is 77.7 Å². The summed E-state index contributed by atoms with van der Waals surface area (Å²) in [5.74, 6) is -1.36. The van der Waals surface area contributed by atoms with Gasteiger partial charge in [0.15, 0.2) is 0 Å². The van der Waals surface area contributed by atoms with Crippen LogP contribution in [0.4, 0.5) is 11.4 Å². The summed E-state index contributed by atoms with van der Waals surface area (Å²) in [5.41, 5.74) is 1.32. The van der Waals surface area contributed by atoms with Crippen molar-refractivity contribution < 1.29 is 23.2 Å². The molecule has 0 saturated carbocycles. The van der Waals surface area contributed by atoms with Gasteiger partial charge in [-0.05, 0) is 24.6 Å². The first-order valence-corrected chi connectivity index (χ1v) is 10.3. The predicted molar refractivity (Wildman–Crippen MR) is 112 cm³/mol. The number of sulfonamides is 1. The van der Waals surface area contributed by atoms with Crippen molar-refractivity contribution in [3.8, 4) is 11.1 Å². The molecule has 0 amide bonds. The number of aryl methyl sites for hydroxylation is 1. The van der Waals surface area contributed by atoms with Crippen molar-refractivity contribution in [3.63, 3.8) is 0 Å². The number of rotatable bonds is 7. The predicted octanol–water partition coefficient (Wildman–Crippen LogP) is 3.85.